The Balaban J connectivity index is 2.60. The first-order valence-corrected chi connectivity index (χ1v) is 4.88. The van der Waals surface area contributed by atoms with Crippen molar-refractivity contribution in [2.24, 2.45) is 0 Å². The van der Waals surface area contributed by atoms with Gasteiger partial charge in [-0.05, 0) is 13.0 Å². The fourth-order valence-corrected chi connectivity index (χ4v) is 2.27. The van der Waals surface area contributed by atoms with Crippen LogP contribution < -0.4 is 5.56 Å². The van der Waals surface area contributed by atoms with E-state index in [1.165, 1.54) is 23.6 Å². The van der Waals surface area contributed by atoms with Gasteiger partial charge in [0.2, 0.25) is 0 Å². The predicted octanol–water partition coefficient (Wildman–Crippen LogP) is 1.73. The first kappa shape index (κ1) is 9.45. The summed E-state index contributed by atoms with van der Waals surface area (Å²) < 4.78 is 29.0. The van der Waals surface area contributed by atoms with E-state index in [4.69, 9.17) is 0 Å². The molecule has 0 unspecified atom stereocenters. The van der Waals surface area contributed by atoms with Gasteiger partial charge in [-0.2, -0.15) is 0 Å². The van der Waals surface area contributed by atoms with Crippen molar-refractivity contribution in [3.63, 3.8) is 0 Å². The first-order chi connectivity index (χ1) is 7.50. The summed E-state index contributed by atoms with van der Waals surface area (Å²) in [5, 5.41) is 0. The van der Waals surface area contributed by atoms with Crippen LogP contribution in [0.4, 0.5) is 8.78 Å². The SMILES string of the molecule is C[C@]1(F)Cn2c(=O)ccc3ncc(F)c1c32. The van der Waals surface area contributed by atoms with Crippen molar-refractivity contribution >= 4 is 11.0 Å². The van der Waals surface area contributed by atoms with Gasteiger partial charge in [0.1, 0.15) is 5.82 Å². The summed E-state index contributed by atoms with van der Waals surface area (Å²) in [7, 11) is 0. The lowest BCUT2D eigenvalue weighted by Crippen LogP contribution is -2.22. The first-order valence-electron chi connectivity index (χ1n) is 4.88. The third kappa shape index (κ3) is 1.00. The van der Waals surface area contributed by atoms with Crippen molar-refractivity contribution in [1.82, 2.24) is 9.55 Å². The van der Waals surface area contributed by atoms with Gasteiger partial charge in [-0.15, -0.1) is 0 Å². The van der Waals surface area contributed by atoms with Gasteiger partial charge in [-0.1, -0.05) is 0 Å². The minimum atomic E-state index is -1.85. The summed E-state index contributed by atoms with van der Waals surface area (Å²) in [4.78, 5) is 15.4. The highest BCUT2D eigenvalue weighted by atomic mass is 19.1. The van der Waals surface area contributed by atoms with Gasteiger partial charge in [0, 0.05) is 6.07 Å². The molecule has 0 aromatic carbocycles. The van der Waals surface area contributed by atoms with Crippen molar-refractivity contribution in [3.05, 3.63) is 40.1 Å². The van der Waals surface area contributed by atoms with Crippen molar-refractivity contribution < 1.29 is 8.78 Å². The minimum absolute atomic E-state index is 0.0600. The lowest BCUT2D eigenvalue weighted by atomic mass is 10.0. The topological polar surface area (TPSA) is 34.9 Å². The molecule has 82 valence electrons. The summed E-state index contributed by atoms with van der Waals surface area (Å²) in [5.74, 6) is -0.700. The van der Waals surface area contributed by atoms with E-state index in [0.717, 1.165) is 6.20 Å². The van der Waals surface area contributed by atoms with Crippen LogP contribution in [-0.4, -0.2) is 9.55 Å². The van der Waals surface area contributed by atoms with E-state index in [2.05, 4.69) is 4.98 Å². The Labute approximate surface area is 89.3 Å². The number of halogens is 2. The van der Waals surface area contributed by atoms with Gasteiger partial charge < -0.3 is 4.57 Å². The summed E-state index contributed by atoms with van der Waals surface area (Å²) >= 11 is 0. The third-order valence-electron chi connectivity index (χ3n) is 2.93. The number of aromatic nitrogens is 2. The second-order valence-electron chi connectivity index (χ2n) is 4.17. The Bertz CT molecular complexity index is 661. The smallest absolute Gasteiger partial charge is 0.251 e. The van der Waals surface area contributed by atoms with E-state index in [1.807, 2.05) is 0 Å². The molecule has 0 radical (unpaired) electrons. The van der Waals surface area contributed by atoms with Crippen LogP contribution in [-0.2, 0) is 12.2 Å². The molecule has 2 aromatic heterocycles. The number of hydrogen-bond donors (Lipinski definition) is 0. The molecule has 5 heteroatoms. The Morgan fingerprint density at radius 1 is 1.50 bits per heavy atom. The number of hydrogen-bond acceptors (Lipinski definition) is 2. The molecule has 1 aliphatic heterocycles. The van der Waals surface area contributed by atoms with Gasteiger partial charge in [-0.3, -0.25) is 9.78 Å². The van der Waals surface area contributed by atoms with Crippen LogP contribution in [0, 0.1) is 5.82 Å². The van der Waals surface area contributed by atoms with E-state index in [1.54, 1.807) is 0 Å². The van der Waals surface area contributed by atoms with Crippen LogP contribution in [0.1, 0.15) is 12.5 Å². The van der Waals surface area contributed by atoms with Crippen LogP contribution in [0.15, 0.2) is 23.1 Å². The van der Waals surface area contributed by atoms with Crippen LogP contribution >= 0.6 is 0 Å². The van der Waals surface area contributed by atoms with E-state index in [-0.39, 0.29) is 23.2 Å². The third-order valence-corrected chi connectivity index (χ3v) is 2.93. The van der Waals surface area contributed by atoms with Crippen molar-refractivity contribution in [1.29, 1.82) is 0 Å². The molecule has 0 bridgehead atoms. The van der Waals surface area contributed by atoms with Crippen LogP contribution in [0.3, 0.4) is 0 Å². The second-order valence-corrected chi connectivity index (χ2v) is 4.17. The zero-order valence-corrected chi connectivity index (χ0v) is 8.50. The summed E-state index contributed by atoms with van der Waals surface area (Å²) in [6.45, 7) is 1.12. The van der Waals surface area contributed by atoms with Gasteiger partial charge in [-0.25, -0.2) is 8.78 Å². The number of rotatable bonds is 0. The standard InChI is InChI=1S/C11H8F2N2O/c1-11(13)5-15-8(16)3-2-7-10(15)9(11)6(12)4-14-7/h2-4H,5H2,1H3/t11-/m0/s1. The molecule has 0 fully saturated rings. The van der Waals surface area contributed by atoms with Crippen molar-refractivity contribution in [2.45, 2.75) is 19.1 Å². The molecular formula is C11H8F2N2O. The van der Waals surface area contributed by atoms with Gasteiger partial charge in [0.05, 0.1) is 29.3 Å². The van der Waals surface area contributed by atoms with E-state index < -0.39 is 11.5 Å². The van der Waals surface area contributed by atoms with Gasteiger partial charge in [0.15, 0.2) is 5.67 Å². The number of nitrogens with zero attached hydrogens (tertiary/aromatic N) is 2. The average molecular weight is 222 g/mol. The van der Waals surface area contributed by atoms with Gasteiger partial charge in [0.25, 0.3) is 5.56 Å². The number of alkyl halides is 1. The molecule has 0 saturated heterocycles. The van der Waals surface area contributed by atoms with Gasteiger partial charge >= 0.3 is 0 Å². The Morgan fingerprint density at radius 2 is 2.25 bits per heavy atom. The summed E-state index contributed by atoms with van der Waals surface area (Å²) in [5.41, 5.74) is -1.52. The van der Waals surface area contributed by atoms with Crippen LogP contribution in [0.25, 0.3) is 11.0 Å². The zero-order valence-electron chi connectivity index (χ0n) is 8.50. The van der Waals surface area contributed by atoms with E-state index in [0.29, 0.717) is 5.52 Å². The molecule has 1 atom stereocenters. The van der Waals surface area contributed by atoms with Crippen LogP contribution in [0.2, 0.25) is 0 Å². The van der Waals surface area contributed by atoms with Crippen LogP contribution in [0.5, 0.6) is 0 Å². The highest BCUT2D eigenvalue weighted by Crippen LogP contribution is 2.39. The summed E-state index contributed by atoms with van der Waals surface area (Å²) in [6, 6.07) is 2.80. The minimum Gasteiger partial charge on any atom is -0.303 e. The predicted molar refractivity (Wildman–Crippen MR) is 54.4 cm³/mol. The molecule has 0 amide bonds. The lowest BCUT2D eigenvalue weighted by molar-refractivity contribution is 0.173. The molecule has 0 N–H and O–H groups in total. The molecule has 0 aliphatic carbocycles. The molecule has 3 heterocycles. The average Bonchev–Trinajstić information content (AvgIpc) is 2.50. The number of pyridine rings is 2. The lowest BCUT2D eigenvalue weighted by Gasteiger charge is -2.13. The second kappa shape index (κ2) is 2.66. The van der Waals surface area contributed by atoms with E-state index >= 15 is 0 Å². The van der Waals surface area contributed by atoms with E-state index in [9.17, 15) is 13.6 Å². The molecule has 1 aliphatic rings. The molecule has 2 aromatic rings. The molecule has 0 spiro atoms. The largest absolute Gasteiger partial charge is 0.303 e. The fraction of sp³-hybridized carbons (Fsp3) is 0.273. The molecule has 16 heavy (non-hydrogen) atoms. The maximum Gasteiger partial charge on any atom is 0.251 e. The summed E-state index contributed by atoms with van der Waals surface area (Å²) in [6.07, 6.45) is 0.996. The normalized spacial score (nSPS) is 22.9. The molecule has 3 rings (SSSR count). The molecule has 0 saturated carbocycles. The monoisotopic (exact) mass is 222 g/mol. The Hall–Kier alpha value is -1.78. The highest BCUT2D eigenvalue weighted by molar-refractivity contribution is 5.80. The van der Waals surface area contributed by atoms with Crippen molar-refractivity contribution in [3.8, 4) is 0 Å². The quantitative estimate of drug-likeness (QED) is 0.680. The maximum absolute atomic E-state index is 14.2. The maximum atomic E-state index is 14.2. The molecular weight excluding hydrogens is 214 g/mol. The molecule has 3 nitrogen and oxygen atoms in total. The Morgan fingerprint density at radius 3 is 3.00 bits per heavy atom. The fourth-order valence-electron chi connectivity index (χ4n) is 2.27. The highest BCUT2D eigenvalue weighted by Gasteiger charge is 2.39. The van der Waals surface area contributed by atoms with Crippen molar-refractivity contribution in [2.75, 3.05) is 0 Å². The zero-order chi connectivity index (χ0) is 11.5. The Kier molecular flexibility index (Phi) is 1.57.